The van der Waals surface area contributed by atoms with Gasteiger partial charge < -0.3 is 10.6 Å². The maximum absolute atomic E-state index is 13.0. The second kappa shape index (κ2) is 16.2. The zero-order valence-electron chi connectivity index (χ0n) is 23.8. The molecule has 6 nitrogen and oxygen atoms in total. The number of allylic oxidation sites excluding steroid dienone is 3. The molecule has 1 atom stereocenters. The van der Waals surface area contributed by atoms with Crippen LogP contribution in [0.2, 0.25) is 0 Å². The van der Waals surface area contributed by atoms with Gasteiger partial charge in [0.25, 0.3) is 0 Å². The second-order valence-corrected chi connectivity index (χ2v) is 9.93. The molecule has 1 aliphatic carbocycles. The fourth-order valence-corrected chi connectivity index (χ4v) is 4.22. The van der Waals surface area contributed by atoms with Gasteiger partial charge in [0.05, 0.1) is 17.4 Å². The quantitative estimate of drug-likeness (QED) is 0.385. The van der Waals surface area contributed by atoms with Gasteiger partial charge in [-0.3, -0.25) is 19.3 Å². The third-order valence-electron chi connectivity index (χ3n) is 5.90. The highest BCUT2D eigenvalue weighted by Crippen LogP contribution is 2.43. The Morgan fingerprint density at radius 1 is 1.08 bits per heavy atom. The standard InChI is InChI=1S/C21H26N2O2.C7H11NO.C4H8/c1-5-6-10-18-20-16(12-21(3,4)13-19(20)25)22-15-9-7-8-11-17(15)23(18)14(2)24;1-3-5-7(9)8-6-4-2;1-3-4-2/h6-11,18,22H,5,12-13H2,1-4H3;3-4H,1-2,5-6H2,(H,8,9);3H,1,4H2,2H3/b10-6+;;. The lowest BCUT2D eigenvalue weighted by atomic mass is 9.74. The van der Waals surface area contributed by atoms with Crippen LogP contribution in [-0.4, -0.2) is 30.2 Å². The molecule has 1 aromatic carbocycles. The van der Waals surface area contributed by atoms with Crippen molar-refractivity contribution < 1.29 is 14.4 Å². The fourth-order valence-electron chi connectivity index (χ4n) is 4.22. The van der Waals surface area contributed by atoms with Gasteiger partial charge in [-0.2, -0.15) is 0 Å². The summed E-state index contributed by atoms with van der Waals surface area (Å²) in [5, 5.41) is 6.07. The first kappa shape index (κ1) is 32.4. The summed E-state index contributed by atoms with van der Waals surface area (Å²) < 4.78 is 0. The molecule has 206 valence electrons. The van der Waals surface area contributed by atoms with Crippen LogP contribution in [0.1, 0.15) is 66.7 Å². The molecule has 0 bridgehead atoms. The summed E-state index contributed by atoms with van der Waals surface area (Å²) >= 11 is 0. The molecule has 0 saturated heterocycles. The van der Waals surface area contributed by atoms with E-state index in [0.29, 0.717) is 19.4 Å². The van der Waals surface area contributed by atoms with Crippen molar-refractivity contribution >= 4 is 29.0 Å². The van der Waals surface area contributed by atoms with Crippen molar-refractivity contribution in [2.24, 2.45) is 5.41 Å². The van der Waals surface area contributed by atoms with E-state index in [-0.39, 0.29) is 29.1 Å². The summed E-state index contributed by atoms with van der Waals surface area (Å²) in [4.78, 5) is 37.9. The number of anilines is 2. The van der Waals surface area contributed by atoms with E-state index in [1.165, 1.54) is 0 Å². The summed E-state index contributed by atoms with van der Waals surface area (Å²) in [5.41, 5.74) is 3.30. The average molecular weight is 520 g/mol. The van der Waals surface area contributed by atoms with Crippen molar-refractivity contribution in [3.8, 4) is 0 Å². The predicted octanol–water partition coefficient (Wildman–Crippen LogP) is 6.89. The van der Waals surface area contributed by atoms with Crippen molar-refractivity contribution in [2.45, 2.75) is 72.8 Å². The smallest absolute Gasteiger partial charge is 0.224 e. The molecule has 3 rings (SSSR count). The summed E-state index contributed by atoms with van der Waals surface area (Å²) in [7, 11) is 0. The normalized spacial score (nSPS) is 17.2. The van der Waals surface area contributed by atoms with Gasteiger partial charge >= 0.3 is 0 Å². The largest absolute Gasteiger partial charge is 0.357 e. The van der Waals surface area contributed by atoms with Crippen LogP contribution in [0.15, 0.2) is 85.7 Å². The number of benzene rings is 1. The van der Waals surface area contributed by atoms with Gasteiger partial charge in [0.15, 0.2) is 5.78 Å². The highest BCUT2D eigenvalue weighted by Gasteiger charge is 2.40. The Hall–Kier alpha value is -3.67. The van der Waals surface area contributed by atoms with E-state index in [0.717, 1.165) is 41.9 Å². The number of para-hydroxylation sites is 2. The number of carbonyl (C=O) groups excluding carboxylic acids is 3. The third kappa shape index (κ3) is 9.66. The van der Waals surface area contributed by atoms with Gasteiger partial charge in [-0.15, -0.1) is 19.7 Å². The van der Waals surface area contributed by atoms with E-state index in [2.05, 4.69) is 58.1 Å². The molecule has 0 spiro atoms. The molecule has 6 heteroatoms. The molecule has 1 unspecified atom stereocenters. The van der Waals surface area contributed by atoms with Gasteiger partial charge in [-0.25, -0.2) is 0 Å². The Labute approximate surface area is 229 Å². The molecule has 0 saturated carbocycles. The number of fused-ring (bicyclic) bond motifs is 1. The van der Waals surface area contributed by atoms with Gasteiger partial charge in [0.1, 0.15) is 0 Å². The number of rotatable bonds is 7. The van der Waals surface area contributed by atoms with Crippen molar-refractivity contribution in [1.29, 1.82) is 0 Å². The Bertz CT molecular complexity index is 1070. The molecule has 0 aromatic heterocycles. The summed E-state index contributed by atoms with van der Waals surface area (Å²) in [6.45, 7) is 20.8. The third-order valence-corrected chi connectivity index (χ3v) is 5.90. The van der Waals surface area contributed by atoms with E-state index in [9.17, 15) is 14.4 Å². The first-order valence-electron chi connectivity index (χ1n) is 13.2. The second-order valence-electron chi connectivity index (χ2n) is 9.93. The van der Waals surface area contributed by atoms with E-state index < -0.39 is 0 Å². The molecule has 2 aliphatic rings. The SMILES string of the molecule is C=CCC.C=CCNC(=O)CC=C.CC/C=C/C1C2=C(CC(C)(C)CC2=O)Nc2ccccc2N1C(C)=O. The number of amides is 2. The molecular formula is C32H45N3O3. The number of carbonyl (C=O) groups is 3. The lowest BCUT2D eigenvalue weighted by Crippen LogP contribution is -2.42. The van der Waals surface area contributed by atoms with Crippen molar-refractivity contribution in [3.05, 3.63) is 85.7 Å². The molecule has 0 fully saturated rings. The van der Waals surface area contributed by atoms with E-state index in [1.54, 1.807) is 24.0 Å². The molecule has 38 heavy (non-hydrogen) atoms. The van der Waals surface area contributed by atoms with Crippen molar-refractivity contribution in [3.63, 3.8) is 0 Å². The van der Waals surface area contributed by atoms with Crippen molar-refractivity contribution in [1.82, 2.24) is 5.32 Å². The minimum absolute atomic E-state index is 0.00935. The van der Waals surface area contributed by atoms with Gasteiger partial charge in [-0.05, 0) is 36.8 Å². The van der Waals surface area contributed by atoms with Crippen LogP contribution in [0, 0.1) is 5.41 Å². The lowest BCUT2D eigenvalue weighted by molar-refractivity contribution is -0.120. The minimum Gasteiger partial charge on any atom is -0.357 e. The Kier molecular flexibility index (Phi) is 13.8. The number of nitrogens with one attached hydrogen (secondary N) is 2. The van der Waals surface area contributed by atoms with Gasteiger partial charge in [0, 0.05) is 37.6 Å². The Morgan fingerprint density at radius 2 is 1.74 bits per heavy atom. The molecule has 1 aliphatic heterocycles. The maximum Gasteiger partial charge on any atom is 0.224 e. The number of nitrogens with zero attached hydrogens (tertiary/aromatic N) is 1. The Morgan fingerprint density at radius 3 is 2.29 bits per heavy atom. The van der Waals surface area contributed by atoms with E-state index in [1.807, 2.05) is 42.5 Å². The first-order chi connectivity index (χ1) is 18.1. The summed E-state index contributed by atoms with van der Waals surface area (Å²) in [5.74, 6) is 0.0554. The number of hydrogen-bond acceptors (Lipinski definition) is 4. The molecule has 1 heterocycles. The first-order valence-corrected chi connectivity index (χ1v) is 13.2. The monoisotopic (exact) mass is 519 g/mol. The van der Waals surface area contributed by atoms with Gasteiger partial charge in [-0.1, -0.05) is 70.2 Å². The van der Waals surface area contributed by atoms with E-state index in [4.69, 9.17) is 0 Å². The summed E-state index contributed by atoms with van der Waals surface area (Å²) in [6.07, 6.45) is 12.7. The van der Waals surface area contributed by atoms with Crippen molar-refractivity contribution in [2.75, 3.05) is 16.8 Å². The summed E-state index contributed by atoms with van der Waals surface area (Å²) in [6, 6.07) is 7.42. The highest BCUT2D eigenvalue weighted by molar-refractivity contribution is 6.06. The molecule has 0 radical (unpaired) electrons. The molecule has 1 aromatic rings. The Balaban J connectivity index is 0.000000464. The maximum atomic E-state index is 13.0. The van der Waals surface area contributed by atoms with Crippen LogP contribution in [0.4, 0.5) is 11.4 Å². The number of Topliss-reactive ketones (excluding diaryl/α,β-unsaturated/α-hetero) is 1. The molecule has 2 amide bonds. The average Bonchev–Trinajstić information content (AvgIpc) is 3.00. The number of ketones is 1. The zero-order valence-corrected chi connectivity index (χ0v) is 23.8. The fraction of sp³-hybridized carbons (Fsp3) is 0.406. The van der Waals surface area contributed by atoms with Crippen LogP contribution >= 0.6 is 0 Å². The van der Waals surface area contributed by atoms with E-state index >= 15 is 0 Å². The minimum atomic E-state index is -0.354. The van der Waals surface area contributed by atoms with Crippen LogP contribution in [0.3, 0.4) is 0 Å². The topological polar surface area (TPSA) is 78.5 Å². The van der Waals surface area contributed by atoms with Crippen LogP contribution < -0.4 is 15.5 Å². The van der Waals surface area contributed by atoms with Crippen LogP contribution in [0.5, 0.6) is 0 Å². The lowest BCUT2D eigenvalue weighted by Gasteiger charge is -2.35. The molecular weight excluding hydrogens is 474 g/mol. The highest BCUT2D eigenvalue weighted by atomic mass is 16.2. The zero-order chi connectivity index (χ0) is 28.7. The van der Waals surface area contributed by atoms with Crippen LogP contribution in [-0.2, 0) is 14.4 Å². The number of hydrogen-bond donors (Lipinski definition) is 2. The van der Waals surface area contributed by atoms with Gasteiger partial charge in [0.2, 0.25) is 11.8 Å². The molecule has 2 N–H and O–H groups in total. The van der Waals surface area contributed by atoms with Crippen LogP contribution in [0.25, 0.3) is 0 Å². The predicted molar refractivity (Wildman–Crippen MR) is 160 cm³/mol.